The Bertz CT molecular complexity index is 148. The average Bonchev–Trinajstić information content (AvgIpc) is 2.06. The Morgan fingerprint density at radius 3 is 2.15 bits per heavy atom. The van der Waals surface area contributed by atoms with E-state index >= 15 is 0 Å². The molecule has 1 aliphatic carbocycles. The van der Waals surface area contributed by atoms with Crippen molar-refractivity contribution in [3.05, 3.63) is 12.7 Å². The summed E-state index contributed by atoms with van der Waals surface area (Å²) in [5, 5.41) is -0.356. The van der Waals surface area contributed by atoms with Crippen LogP contribution in [0.1, 0.15) is 45.4 Å². The van der Waals surface area contributed by atoms with Crippen molar-refractivity contribution in [3.8, 4) is 0 Å². The Balaban J connectivity index is 0.000000226. The van der Waals surface area contributed by atoms with Gasteiger partial charge in [0.05, 0.1) is 0 Å². The number of halogens is 1. The molecule has 1 nitrogen and oxygen atoms in total. The minimum absolute atomic E-state index is 0.265. The smallest absolute Gasteiger partial charge is 0.225 e. The molecule has 2 heteroatoms. The summed E-state index contributed by atoms with van der Waals surface area (Å²) in [4.78, 5) is 9.74. The molecular weight excluding hydrogens is 184 g/mol. The van der Waals surface area contributed by atoms with Crippen LogP contribution in [-0.4, -0.2) is 5.24 Å². The Labute approximate surface area is 86.2 Å². The van der Waals surface area contributed by atoms with Gasteiger partial charge in [0.2, 0.25) is 5.24 Å². The molecule has 0 N–H and O–H groups in total. The van der Waals surface area contributed by atoms with Crippen molar-refractivity contribution in [3.63, 3.8) is 0 Å². The minimum Gasteiger partial charge on any atom is -0.281 e. The summed E-state index contributed by atoms with van der Waals surface area (Å²) in [5.74, 6) is 1.04. The average molecular weight is 203 g/mol. The SMILES string of the molecule is C=CCC(=O)Cl.CC1CCCCC1. The number of carbonyl (C=O) groups excluding carboxylic acids is 1. The van der Waals surface area contributed by atoms with Gasteiger partial charge >= 0.3 is 0 Å². The largest absolute Gasteiger partial charge is 0.281 e. The molecule has 0 aromatic carbocycles. The lowest BCUT2D eigenvalue weighted by Gasteiger charge is -2.15. The van der Waals surface area contributed by atoms with Crippen LogP contribution in [0.5, 0.6) is 0 Å². The first-order chi connectivity index (χ1) is 6.16. The highest BCUT2D eigenvalue weighted by Crippen LogP contribution is 2.22. The van der Waals surface area contributed by atoms with Gasteiger partial charge in [0.15, 0.2) is 0 Å². The van der Waals surface area contributed by atoms with Crippen LogP contribution in [0.3, 0.4) is 0 Å². The van der Waals surface area contributed by atoms with Gasteiger partial charge in [-0.25, -0.2) is 0 Å². The highest BCUT2D eigenvalue weighted by Gasteiger charge is 2.05. The fraction of sp³-hybridized carbons (Fsp3) is 0.727. The molecule has 0 aliphatic heterocycles. The van der Waals surface area contributed by atoms with Crippen LogP contribution in [-0.2, 0) is 4.79 Å². The van der Waals surface area contributed by atoms with Crippen molar-refractivity contribution in [2.24, 2.45) is 5.92 Å². The van der Waals surface area contributed by atoms with Gasteiger partial charge in [-0.2, -0.15) is 0 Å². The summed E-state index contributed by atoms with van der Waals surface area (Å²) in [6.45, 7) is 5.66. The Kier molecular flexibility index (Phi) is 8.11. The van der Waals surface area contributed by atoms with Crippen LogP contribution in [0.4, 0.5) is 0 Å². The van der Waals surface area contributed by atoms with Crippen LogP contribution >= 0.6 is 11.6 Å². The molecule has 0 radical (unpaired) electrons. The second-order valence-corrected chi connectivity index (χ2v) is 4.01. The minimum atomic E-state index is -0.356. The zero-order chi connectivity index (χ0) is 10.1. The number of carbonyl (C=O) groups is 1. The molecule has 1 aliphatic rings. The summed E-state index contributed by atoms with van der Waals surface area (Å²) in [6.07, 6.45) is 9.17. The molecule has 0 heterocycles. The summed E-state index contributed by atoms with van der Waals surface area (Å²) >= 11 is 4.87. The van der Waals surface area contributed by atoms with Crippen molar-refractivity contribution in [2.75, 3.05) is 0 Å². The summed E-state index contributed by atoms with van der Waals surface area (Å²) < 4.78 is 0. The van der Waals surface area contributed by atoms with Gasteiger partial charge in [0.25, 0.3) is 0 Å². The van der Waals surface area contributed by atoms with E-state index in [1.165, 1.54) is 38.2 Å². The molecule has 0 aromatic rings. The lowest BCUT2D eigenvalue weighted by Crippen LogP contribution is -1.99. The standard InChI is InChI=1S/C7H14.C4H5ClO/c1-7-5-3-2-4-6-7;1-2-3-4(5)6/h7H,2-6H2,1H3;2H,1,3H2. The highest BCUT2D eigenvalue weighted by molar-refractivity contribution is 6.63. The van der Waals surface area contributed by atoms with Crippen LogP contribution in [0, 0.1) is 5.92 Å². The quantitative estimate of drug-likeness (QED) is 0.490. The van der Waals surface area contributed by atoms with E-state index in [-0.39, 0.29) is 11.7 Å². The molecular formula is C11H19ClO. The van der Waals surface area contributed by atoms with Crippen LogP contribution in [0.25, 0.3) is 0 Å². The second kappa shape index (κ2) is 8.31. The fourth-order valence-electron chi connectivity index (χ4n) is 1.42. The maximum atomic E-state index is 9.74. The third-order valence-corrected chi connectivity index (χ3v) is 2.35. The first-order valence-corrected chi connectivity index (χ1v) is 5.33. The van der Waals surface area contributed by atoms with Crippen molar-refractivity contribution < 1.29 is 4.79 Å². The molecule has 1 rings (SSSR count). The van der Waals surface area contributed by atoms with Gasteiger partial charge < -0.3 is 0 Å². The van der Waals surface area contributed by atoms with E-state index in [1.54, 1.807) is 0 Å². The molecule has 1 saturated carbocycles. The van der Waals surface area contributed by atoms with Crippen molar-refractivity contribution in [1.82, 2.24) is 0 Å². The molecule has 0 spiro atoms. The van der Waals surface area contributed by atoms with E-state index in [1.807, 2.05) is 0 Å². The first-order valence-electron chi connectivity index (χ1n) is 4.96. The van der Waals surface area contributed by atoms with Crippen molar-refractivity contribution in [2.45, 2.75) is 45.4 Å². The third kappa shape index (κ3) is 9.62. The molecule has 1 fully saturated rings. The first kappa shape index (κ1) is 12.7. The predicted molar refractivity (Wildman–Crippen MR) is 57.9 cm³/mol. The monoisotopic (exact) mass is 202 g/mol. The van der Waals surface area contributed by atoms with E-state index in [0.29, 0.717) is 0 Å². The lowest BCUT2D eigenvalue weighted by atomic mass is 9.91. The van der Waals surface area contributed by atoms with Gasteiger partial charge in [-0.05, 0) is 17.5 Å². The van der Waals surface area contributed by atoms with Crippen LogP contribution < -0.4 is 0 Å². The number of hydrogen-bond acceptors (Lipinski definition) is 1. The molecule has 0 amide bonds. The Hall–Kier alpha value is -0.300. The molecule has 0 unspecified atom stereocenters. The van der Waals surface area contributed by atoms with E-state index in [2.05, 4.69) is 13.5 Å². The third-order valence-electron chi connectivity index (χ3n) is 2.20. The molecule has 0 atom stereocenters. The maximum Gasteiger partial charge on any atom is 0.225 e. The number of rotatable bonds is 2. The van der Waals surface area contributed by atoms with Gasteiger partial charge in [0.1, 0.15) is 0 Å². The van der Waals surface area contributed by atoms with E-state index in [0.717, 1.165) is 5.92 Å². The molecule has 76 valence electrons. The van der Waals surface area contributed by atoms with E-state index < -0.39 is 0 Å². The Morgan fingerprint density at radius 1 is 1.46 bits per heavy atom. The van der Waals surface area contributed by atoms with Gasteiger partial charge in [0, 0.05) is 6.42 Å². The summed E-state index contributed by atoms with van der Waals surface area (Å²) in [6, 6.07) is 0. The van der Waals surface area contributed by atoms with Crippen LogP contribution in [0.15, 0.2) is 12.7 Å². The van der Waals surface area contributed by atoms with E-state index in [9.17, 15) is 4.79 Å². The van der Waals surface area contributed by atoms with E-state index in [4.69, 9.17) is 11.6 Å². The van der Waals surface area contributed by atoms with Crippen LogP contribution in [0.2, 0.25) is 0 Å². The lowest BCUT2D eigenvalue weighted by molar-refractivity contribution is -0.110. The predicted octanol–water partition coefficient (Wildman–Crippen LogP) is 3.91. The zero-order valence-electron chi connectivity index (χ0n) is 8.39. The van der Waals surface area contributed by atoms with Gasteiger partial charge in [-0.3, -0.25) is 4.79 Å². The highest BCUT2D eigenvalue weighted by atomic mass is 35.5. The zero-order valence-corrected chi connectivity index (χ0v) is 9.15. The maximum absolute atomic E-state index is 9.74. The number of allylic oxidation sites excluding steroid dienone is 1. The normalized spacial score (nSPS) is 17.1. The fourth-order valence-corrected chi connectivity index (χ4v) is 1.53. The molecule has 13 heavy (non-hydrogen) atoms. The summed E-state index contributed by atoms with van der Waals surface area (Å²) in [7, 11) is 0. The van der Waals surface area contributed by atoms with Crippen molar-refractivity contribution >= 4 is 16.8 Å². The molecule has 0 saturated heterocycles. The van der Waals surface area contributed by atoms with Gasteiger partial charge in [-0.15, -0.1) is 6.58 Å². The van der Waals surface area contributed by atoms with Crippen molar-refractivity contribution in [1.29, 1.82) is 0 Å². The Morgan fingerprint density at radius 2 is 2.00 bits per heavy atom. The van der Waals surface area contributed by atoms with Gasteiger partial charge in [-0.1, -0.05) is 45.1 Å². The molecule has 0 bridgehead atoms. The molecule has 0 aromatic heterocycles. The topological polar surface area (TPSA) is 17.1 Å². The number of hydrogen-bond donors (Lipinski definition) is 0. The second-order valence-electron chi connectivity index (χ2n) is 3.59. The summed E-state index contributed by atoms with van der Waals surface area (Å²) in [5.41, 5.74) is 0.